The predicted octanol–water partition coefficient (Wildman–Crippen LogP) is 3.50. The molecule has 0 aliphatic heterocycles. The van der Waals surface area contributed by atoms with Gasteiger partial charge in [-0.15, -0.1) is 0 Å². The number of halogens is 2. The van der Waals surface area contributed by atoms with E-state index in [4.69, 9.17) is 11.6 Å². The lowest BCUT2D eigenvalue weighted by Crippen LogP contribution is -2.02. The van der Waals surface area contributed by atoms with Gasteiger partial charge >= 0.3 is 0 Å². The maximum atomic E-state index is 5.85. The zero-order valence-corrected chi connectivity index (χ0v) is 10.7. The second kappa shape index (κ2) is 5.27. The molecule has 2 aromatic rings. The standard InChI is InChI=1S/C11H9BrClN3/c12-10-5-8(13)1-2-11(10)16-7-9-6-14-3-4-15-9/h1-6,16H,7H2. The molecule has 3 nitrogen and oxygen atoms in total. The van der Waals surface area contributed by atoms with Crippen LogP contribution in [0.25, 0.3) is 0 Å². The molecule has 2 rings (SSSR count). The van der Waals surface area contributed by atoms with E-state index in [-0.39, 0.29) is 0 Å². The van der Waals surface area contributed by atoms with Crippen LogP contribution in [0.5, 0.6) is 0 Å². The normalized spacial score (nSPS) is 10.1. The van der Waals surface area contributed by atoms with Gasteiger partial charge in [0, 0.05) is 27.6 Å². The lowest BCUT2D eigenvalue weighted by molar-refractivity contribution is 1.01. The first-order valence-corrected chi connectivity index (χ1v) is 5.86. The Hall–Kier alpha value is -1.13. The van der Waals surface area contributed by atoms with Crippen LogP contribution in [0.3, 0.4) is 0 Å². The maximum Gasteiger partial charge on any atom is 0.0777 e. The summed E-state index contributed by atoms with van der Waals surface area (Å²) in [5.74, 6) is 0. The second-order valence-corrected chi connectivity index (χ2v) is 4.47. The van der Waals surface area contributed by atoms with Gasteiger partial charge in [-0.25, -0.2) is 0 Å². The Balaban J connectivity index is 2.05. The van der Waals surface area contributed by atoms with Crippen LogP contribution in [0.4, 0.5) is 5.69 Å². The summed E-state index contributed by atoms with van der Waals surface area (Å²) in [6.07, 6.45) is 5.06. The third-order valence-corrected chi connectivity index (χ3v) is 2.90. The molecule has 0 aliphatic rings. The summed E-state index contributed by atoms with van der Waals surface area (Å²) in [6.45, 7) is 0.633. The van der Waals surface area contributed by atoms with E-state index in [1.54, 1.807) is 18.6 Å². The molecule has 0 amide bonds. The number of nitrogens with zero attached hydrogens (tertiary/aromatic N) is 2. The molecule has 1 aromatic carbocycles. The van der Waals surface area contributed by atoms with Crippen molar-refractivity contribution in [1.29, 1.82) is 0 Å². The molecule has 0 aliphatic carbocycles. The Morgan fingerprint density at radius 3 is 2.88 bits per heavy atom. The summed E-state index contributed by atoms with van der Waals surface area (Å²) in [4.78, 5) is 8.17. The highest BCUT2D eigenvalue weighted by molar-refractivity contribution is 9.10. The highest BCUT2D eigenvalue weighted by Gasteiger charge is 2.00. The highest BCUT2D eigenvalue weighted by atomic mass is 79.9. The van der Waals surface area contributed by atoms with Crippen molar-refractivity contribution in [3.05, 3.63) is 52.0 Å². The van der Waals surface area contributed by atoms with Crippen molar-refractivity contribution >= 4 is 33.2 Å². The fourth-order valence-corrected chi connectivity index (χ4v) is 2.06. The molecular formula is C11H9BrClN3. The van der Waals surface area contributed by atoms with Gasteiger partial charge in [0.15, 0.2) is 0 Å². The molecule has 0 atom stereocenters. The lowest BCUT2D eigenvalue weighted by Gasteiger charge is -2.07. The zero-order chi connectivity index (χ0) is 11.4. The van der Waals surface area contributed by atoms with Crippen molar-refractivity contribution in [2.24, 2.45) is 0 Å². The van der Waals surface area contributed by atoms with Gasteiger partial charge in [-0.1, -0.05) is 11.6 Å². The molecule has 1 aromatic heterocycles. The molecule has 0 radical (unpaired) electrons. The first kappa shape index (κ1) is 11.4. The van der Waals surface area contributed by atoms with Gasteiger partial charge in [0.25, 0.3) is 0 Å². The molecule has 16 heavy (non-hydrogen) atoms. The molecule has 0 fully saturated rings. The van der Waals surface area contributed by atoms with Crippen molar-refractivity contribution in [2.75, 3.05) is 5.32 Å². The fourth-order valence-electron chi connectivity index (χ4n) is 1.24. The topological polar surface area (TPSA) is 37.8 Å². The van der Waals surface area contributed by atoms with Crippen molar-refractivity contribution < 1.29 is 0 Å². The first-order chi connectivity index (χ1) is 7.75. The maximum absolute atomic E-state index is 5.85. The van der Waals surface area contributed by atoms with Crippen LogP contribution >= 0.6 is 27.5 Å². The van der Waals surface area contributed by atoms with Gasteiger partial charge in [0.05, 0.1) is 18.4 Å². The molecule has 0 unspecified atom stereocenters. The van der Waals surface area contributed by atoms with Gasteiger partial charge < -0.3 is 5.32 Å². The predicted molar refractivity (Wildman–Crippen MR) is 68.5 cm³/mol. The summed E-state index contributed by atoms with van der Waals surface area (Å²) in [5.41, 5.74) is 1.87. The number of rotatable bonds is 3. The Kier molecular flexibility index (Phi) is 3.74. The molecule has 0 saturated carbocycles. The van der Waals surface area contributed by atoms with Crippen LogP contribution in [-0.2, 0) is 6.54 Å². The third-order valence-electron chi connectivity index (χ3n) is 2.01. The average molecular weight is 299 g/mol. The Bertz CT molecular complexity index is 476. The van der Waals surface area contributed by atoms with Gasteiger partial charge in [0.1, 0.15) is 0 Å². The summed E-state index contributed by atoms with van der Waals surface area (Å²) >= 11 is 9.29. The zero-order valence-electron chi connectivity index (χ0n) is 8.32. The highest BCUT2D eigenvalue weighted by Crippen LogP contribution is 2.26. The van der Waals surface area contributed by atoms with Gasteiger partial charge in [-0.3, -0.25) is 9.97 Å². The van der Waals surface area contributed by atoms with E-state index in [9.17, 15) is 0 Å². The van der Waals surface area contributed by atoms with Crippen LogP contribution in [0.15, 0.2) is 41.3 Å². The SMILES string of the molecule is Clc1ccc(NCc2cnccn2)c(Br)c1. The summed E-state index contributed by atoms with van der Waals surface area (Å²) in [7, 11) is 0. The average Bonchev–Trinajstić information content (AvgIpc) is 2.29. The van der Waals surface area contributed by atoms with Crippen molar-refractivity contribution in [2.45, 2.75) is 6.54 Å². The molecule has 0 bridgehead atoms. The first-order valence-electron chi connectivity index (χ1n) is 4.69. The van der Waals surface area contributed by atoms with Crippen molar-refractivity contribution in [3.63, 3.8) is 0 Å². The van der Waals surface area contributed by atoms with Crippen LogP contribution in [0.1, 0.15) is 5.69 Å². The van der Waals surface area contributed by atoms with Crippen molar-refractivity contribution in [3.8, 4) is 0 Å². The Morgan fingerprint density at radius 1 is 1.31 bits per heavy atom. The molecule has 0 spiro atoms. The van der Waals surface area contributed by atoms with Crippen LogP contribution in [0, 0.1) is 0 Å². The molecule has 1 N–H and O–H groups in total. The monoisotopic (exact) mass is 297 g/mol. The fraction of sp³-hybridized carbons (Fsp3) is 0.0909. The second-order valence-electron chi connectivity index (χ2n) is 3.17. The van der Waals surface area contributed by atoms with Gasteiger partial charge in [-0.2, -0.15) is 0 Å². The number of benzene rings is 1. The van der Waals surface area contributed by atoms with Crippen LogP contribution in [0.2, 0.25) is 5.02 Å². The van der Waals surface area contributed by atoms with E-state index in [2.05, 4.69) is 31.2 Å². The number of hydrogen-bond acceptors (Lipinski definition) is 3. The van der Waals surface area contributed by atoms with Crippen LogP contribution in [-0.4, -0.2) is 9.97 Å². The van der Waals surface area contributed by atoms with E-state index in [0.29, 0.717) is 11.6 Å². The molecule has 0 saturated heterocycles. The summed E-state index contributed by atoms with van der Waals surface area (Å²) in [6, 6.07) is 5.61. The van der Waals surface area contributed by atoms with E-state index < -0.39 is 0 Å². The van der Waals surface area contributed by atoms with Crippen molar-refractivity contribution in [1.82, 2.24) is 9.97 Å². The Morgan fingerprint density at radius 2 is 2.19 bits per heavy atom. The quantitative estimate of drug-likeness (QED) is 0.942. The van der Waals surface area contributed by atoms with E-state index in [1.165, 1.54) is 0 Å². The molecule has 5 heteroatoms. The van der Waals surface area contributed by atoms with Crippen LogP contribution < -0.4 is 5.32 Å². The minimum absolute atomic E-state index is 0.633. The minimum Gasteiger partial charge on any atom is -0.378 e. The largest absolute Gasteiger partial charge is 0.378 e. The molecule has 82 valence electrons. The van der Waals surface area contributed by atoms with E-state index in [1.807, 2.05) is 18.2 Å². The van der Waals surface area contributed by atoms with E-state index >= 15 is 0 Å². The number of aromatic nitrogens is 2. The number of hydrogen-bond donors (Lipinski definition) is 1. The lowest BCUT2D eigenvalue weighted by atomic mass is 10.3. The third kappa shape index (κ3) is 2.93. The minimum atomic E-state index is 0.633. The summed E-state index contributed by atoms with van der Waals surface area (Å²) < 4.78 is 0.934. The molecular weight excluding hydrogens is 289 g/mol. The number of nitrogens with one attached hydrogen (secondary N) is 1. The number of anilines is 1. The van der Waals surface area contributed by atoms with E-state index in [0.717, 1.165) is 15.9 Å². The molecule has 1 heterocycles. The summed E-state index contributed by atoms with van der Waals surface area (Å²) in [5, 5.41) is 3.95. The Labute approximate surface area is 107 Å². The smallest absolute Gasteiger partial charge is 0.0777 e. The van der Waals surface area contributed by atoms with Gasteiger partial charge in [0.2, 0.25) is 0 Å². The van der Waals surface area contributed by atoms with Gasteiger partial charge in [-0.05, 0) is 34.1 Å².